The second kappa shape index (κ2) is 7.99. The van der Waals surface area contributed by atoms with Crippen molar-refractivity contribution < 1.29 is 4.74 Å². The first-order valence-electron chi connectivity index (χ1n) is 8.49. The molecule has 1 aromatic heterocycles. The van der Waals surface area contributed by atoms with Gasteiger partial charge in [-0.05, 0) is 61.7 Å². The molecule has 26 heavy (non-hydrogen) atoms. The number of aryl methyl sites for hydroxylation is 2. The molecule has 4 heteroatoms. The third-order valence-corrected chi connectivity index (χ3v) is 5.04. The Labute approximate surface area is 158 Å². The standard InChI is InChI=1S/C22H20N2OS/c1-4-25-20-9-6-17(7-10-20)12-19(13-23)22-24-21(14-26-22)18-8-5-15(2)16(3)11-18/h5-12,14H,4H2,1-3H3/b19-12-. The number of nitrogens with zero attached hydrogens (tertiary/aromatic N) is 2. The van der Waals surface area contributed by atoms with Crippen LogP contribution in [0.2, 0.25) is 0 Å². The van der Waals surface area contributed by atoms with Gasteiger partial charge >= 0.3 is 0 Å². The molecule has 3 nitrogen and oxygen atoms in total. The molecule has 0 saturated heterocycles. The molecular formula is C22H20N2OS. The lowest BCUT2D eigenvalue weighted by molar-refractivity contribution is 0.340. The Morgan fingerprint density at radius 3 is 2.58 bits per heavy atom. The monoisotopic (exact) mass is 360 g/mol. The van der Waals surface area contributed by atoms with Gasteiger partial charge in [0.2, 0.25) is 0 Å². The van der Waals surface area contributed by atoms with Crippen LogP contribution in [0.4, 0.5) is 0 Å². The van der Waals surface area contributed by atoms with Gasteiger partial charge in [0, 0.05) is 10.9 Å². The fraction of sp³-hybridized carbons (Fsp3) is 0.182. The van der Waals surface area contributed by atoms with Crippen LogP contribution in [0.3, 0.4) is 0 Å². The fourth-order valence-corrected chi connectivity index (χ4v) is 3.36. The molecule has 0 saturated carbocycles. The predicted octanol–water partition coefficient (Wildman–Crippen LogP) is 5.89. The number of nitriles is 1. The first-order chi connectivity index (χ1) is 12.6. The molecule has 0 unspecified atom stereocenters. The molecule has 3 rings (SSSR count). The van der Waals surface area contributed by atoms with Crippen LogP contribution in [0.1, 0.15) is 28.6 Å². The van der Waals surface area contributed by atoms with E-state index in [1.807, 2.05) is 42.6 Å². The second-order valence-electron chi connectivity index (χ2n) is 6.01. The Morgan fingerprint density at radius 1 is 1.15 bits per heavy atom. The molecule has 2 aromatic carbocycles. The SMILES string of the molecule is CCOc1ccc(/C=C(/C#N)c2nc(-c3ccc(C)c(C)c3)cs2)cc1. The highest BCUT2D eigenvalue weighted by atomic mass is 32.1. The zero-order valence-corrected chi connectivity index (χ0v) is 15.9. The van der Waals surface area contributed by atoms with Crippen LogP contribution in [-0.2, 0) is 0 Å². The number of thiazole rings is 1. The van der Waals surface area contributed by atoms with Gasteiger partial charge in [0.05, 0.1) is 17.9 Å². The highest BCUT2D eigenvalue weighted by molar-refractivity contribution is 7.11. The van der Waals surface area contributed by atoms with E-state index in [0.717, 1.165) is 27.6 Å². The van der Waals surface area contributed by atoms with Crippen molar-refractivity contribution >= 4 is 23.0 Å². The molecule has 0 aliphatic heterocycles. The van der Waals surface area contributed by atoms with Crippen LogP contribution in [0, 0.1) is 25.2 Å². The van der Waals surface area contributed by atoms with E-state index in [1.165, 1.54) is 22.5 Å². The Balaban J connectivity index is 1.88. The molecule has 0 bridgehead atoms. The van der Waals surface area contributed by atoms with Gasteiger partial charge in [0.1, 0.15) is 16.8 Å². The van der Waals surface area contributed by atoms with E-state index in [9.17, 15) is 5.26 Å². The van der Waals surface area contributed by atoms with Crippen molar-refractivity contribution in [3.05, 3.63) is 69.5 Å². The van der Waals surface area contributed by atoms with Crippen molar-refractivity contribution in [1.82, 2.24) is 4.98 Å². The number of rotatable bonds is 5. The quantitative estimate of drug-likeness (QED) is 0.533. The number of aromatic nitrogens is 1. The number of hydrogen-bond donors (Lipinski definition) is 0. The van der Waals surface area contributed by atoms with E-state index in [-0.39, 0.29) is 0 Å². The summed E-state index contributed by atoms with van der Waals surface area (Å²) in [6.45, 7) is 6.79. The molecule has 0 amide bonds. The highest BCUT2D eigenvalue weighted by Gasteiger charge is 2.10. The topological polar surface area (TPSA) is 45.9 Å². The Morgan fingerprint density at radius 2 is 1.92 bits per heavy atom. The minimum Gasteiger partial charge on any atom is -0.494 e. The average molecular weight is 360 g/mol. The maximum atomic E-state index is 9.56. The van der Waals surface area contributed by atoms with Gasteiger partial charge in [0.15, 0.2) is 0 Å². The Hall–Kier alpha value is -2.90. The fourth-order valence-electron chi connectivity index (χ4n) is 2.57. The summed E-state index contributed by atoms with van der Waals surface area (Å²) in [6.07, 6.45) is 1.86. The van der Waals surface area contributed by atoms with Crippen molar-refractivity contribution in [3.8, 4) is 23.1 Å². The van der Waals surface area contributed by atoms with Crippen molar-refractivity contribution in [2.75, 3.05) is 6.61 Å². The number of allylic oxidation sites excluding steroid dienone is 1. The molecule has 0 N–H and O–H groups in total. The molecule has 0 atom stereocenters. The largest absolute Gasteiger partial charge is 0.494 e. The summed E-state index contributed by atoms with van der Waals surface area (Å²) in [5.74, 6) is 0.828. The summed E-state index contributed by atoms with van der Waals surface area (Å²) in [5, 5.41) is 12.3. The molecular weight excluding hydrogens is 340 g/mol. The van der Waals surface area contributed by atoms with Crippen molar-refractivity contribution in [1.29, 1.82) is 5.26 Å². The second-order valence-corrected chi connectivity index (χ2v) is 6.87. The van der Waals surface area contributed by atoms with E-state index in [1.54, 1.807) is 0 Å². The van der Waals surface area contributed by atoms with Crippen LogP contribution in [0.25, 0.3) is 22.9 Å². The molecule has 0 aliphatic rings. The van der Waals surface area contributed by atoms with E-state index in [4.69, 9.17) is 4.74 Å². The minimum atomic E-state index is 0.564. The lowest BCUT2D eigenvalue weighted by Gasteiger charge is -2.03. The van der Waals surface area contributed by atoms with Gasteiger partial charge in [-0.25, -0.2) is 4.98 Å². The van der Waals surface area contributed by atoms with Gasteiger partial charge in [-0.2, -0.15) is 5.26 Å². The summed E-state index contributed by atoms with van der Waals surface area (Å²) in [7, 11) is 0. The zero-order valence-electron chi connectivity index (χ0n) is 15.1. The first kappa shape index (κ1) is 17.9. The van der Waals surface area contributed by atoms with E-state index < -0.39 is 0 Å². The first-order valence-corrected chi connectivity index (χ1v) is 9.37. The number of benzene rings is 2. The smallest absolute Gasteiger partial charge is 0.134 e. The summed E-state index contributed by atoms with van der Waals surface area (Å²) in [5.41, 5.74) is 6.00. The van der Waals surface area contributed by atoms with Gasteiger partial charge in [0.25, 0.3) is 0 Å². The van der Waals surface area contributed by atoms with Crippen molar-refractivity contribution in [2.45, 2.75) is 20.8 Å². The van der Waals surface area contributed by atoms with Gasteiger partial charge < -0.3 is 4.74 Å². The van der Waals surface area contributed by atoms with Crippen molar-refractivity contribution in [3.63, 3.8) is 0 Å². The molecule has 3 aromatic rings. The third kappa shape index (κ3) is 4.01. The minimum absolute atomic E-state index is 0.564. The predicted molar refractivity (Wildman–Crippen MR) is 108 cm³/mol. The van der Waals surface area contributed by atoms with E-state index in [2.05, 4.69) is 43.1 Å². The van der Waals surface area contributed by atoms with E-state index in [0.29, 0.717) is 12.2 Å². The number of hydrogen-bond acceptors (Lipinski definition) is 4. The molecule has 0 fully saturated rings. The normalized spacial score (nSPS) is 11.2. The molecule has 130 valence electrons. The molecule has 0 aliphatic carbocycles. The third-order valence-electron chi connectivity index (χ3n) is 4.16. The number of ether oxygens (including phenoxy) is 1. The van der Waals surface area contributed by atoms with Gasteiger partial charge in [-0.3, -0.25) is 0 Å². The molecule has 1 heterocycles. The van der Waals surface area contributed by atoms with Crippen molar-refractivity contribution in [2.24, 2.45) is 0 Å². The van der Waals surface area contributed by atoms with Crippen LogP contribution in [0.5, 0.6) is 5.75 Å². The zero-order chi connectivity index (χ0) is 18.5. The lowest BCUT2D eigenvalue weighted by Crippen LogP contribution is -1.90. The van der Waals surface area contributed by atoms with Gasteiger partial charge in [-0.15, -0.1) is 11.3 Å². The lowest BCUT2D eigenvalue weighted by atomic mass is 10.1. The molecule has 0 radical (unpaired) electrons. The summed E-state index contributed by atoms with van der Waals surface area (Å²) >= 11 is 1.49. The molecule has 0 spiro atoms. The summed E-state index contributed by atoms with van der Waals surface area (Å²) in [4.78, 5) is 4.67. The maximum absolute atomic E-state index is 9.56. The summed E-state index contributed by atoms with van der Waals surface area (Å²) in [6, 6.07) is 16.3. The highest BCUT2D eigenvalue weighted by Crippen LogP contribution is 2.28. The van der Waals surface area contributed by atoms with Crippen LogP contribution < -0.4 is 4.74 Å². The van der Waals surface area contributed by atoms with Crippen LogP contribution in [-0.4, -0.2) is 11.6 Å². The van der Waals surface area contributed by atoms with E-state index >= 15 is 0 Å². The average Bonchev–Trinajstić information content (AvgIpc) is 3.13. The van der Waals surface area contributed by atoms with Crippen LogP contribution >= 0.6 is 11.3 Å². The van der Waals surface area contributed by atoms with Gasteiger partial charge in [-0.1, -0.05) is 24.3 Å². The Kier molecular flexibility index (Phi) is 5.50. The van der Waals surface area contributed by atoms with Crippen LogP contribution in [0.15, 0.2) is 47.8 Å². The maximum Gasteiger partial charge on any atom is 0.134 e. The Bertz CT molecular complexity index is 978. The summed E-state index contributed by atoms with van der Waals surface area (Å²) < 4.78 is 5.45.